The Morgan fingerprint density at radius 1 is 1.26 bits per heavy atom. The molecule has 6 heteroatoms. The molecule has 2 aromatic rings. The number of nitrogens with one attached hydrogen (secondary N) is 1. The number of pyridine rings is 1. The van der Waals surface area contributed by atoms with Gasteiger partial charge < -0.3 is 14.6 Å². The lowest BCUT2D eigenvalue weighted by Crippen LogP contribution is -2.42. The summed E-state index contributed by atoms with van der Waals surface area (Å²) in [7, 11) is 0. The van der Waals surface area contributed by atoms with Gasteiger partial charge in [-0.15, -0.1) is 0 Å². The lowest BCUT2D eigenvalue weighted by atomic mass is 9.95. The van der Waals surface area contributed by atoms with Gasteiger partial charge in [-0.2, -0.15) is 0 Å². The maximum atomic E-state index is 12.4. The molecule has 0 saturated carbocycles. The summed E-state index contributed by atoms with van der Waals surface area (Å²) in [5.74, 6) is 0.383. The highest BCUT2D eigenvalue weighted by molar-refractivity contribution is 5.78. The van der Waals surface area contributed by atoms with Crippen LogP contribution in [0.2, 0.25) is 0 Å². The number of aromatic nitrogens is 2. The van der Waals surface area contributed by atoms with Crippen LogP contribution in [0.15, 0.2) is 24.4 Å². The average Bonchev–Trinajstić information content (AvgIpc) is 3.01. The Kier molecular flexibility index (Phi) is 6.85. The van der Waals surface area contributed by atoms with Crippen LogP contribution in [0.3, 0.4) is 0 Å². The summed E-state index contributed by atoms with van der Waals surface area (Å²) in [5.41, 5.74) is 3.36. The molecule has 27 heavy (non-hydrogen) atoms. The first-order valence-electron chi connectivity index (χ1n) is 10.3. The van der Waals surface area contributed by atoms with Crippen molar-refractivity contribution >= 4 is 11.6 Å². The second-order valence-electron chi connectivity index (χ2n) is 7.44. The molecule has 0 aromatic carbocycles. The van der Waals surface area contributed by atoms with Crippen molar-refractivity contribution in [2.75, 3.05) is 39.3 Å². The molecule has 148 valence electrons. The van der Waals surface area contributed by atoms with Crippen molar-refractivity contribution in [2.45, 2.75) is 40.2 Å². The highest BCUT2D eigenvalue weighted by Crippen LogP contribution is 2.21. The lowest BCUT2D eigenvalue weighted by molar-refractivity contribution is -0.126. The molecule has 0 aliphatic carbocycles. The minimum absolute atomic E-state index is 0.154. The van der Waals surface area contributed by atoms with Crippen LogP contribution in [0.5, 0.6) is 0 Å². The minimum atomic E-state index is 0.154. The standard InChI is InChI=1S/C21H33N5O/c1-4-24(5-2)15-11-22-21(27)18-9-13-25(14-10-18)16-19-17(3)23-20-8-6-7-12-26(19)20/h6-8,12,18H,4-5,9-11,13-16H2,1-3H3,(H,22,27). The van der Waals surface area contributed by atoms with Crippen molar-refractivity contribution in [1.82, 2.24) is 24.5 Å². The molecule has 1 aliphatic heterocycles. The second kappa shape index (κ2) is 9.33. The molecule has 1 fully saturated rings. The molecule has 3 heterocycles. The largest absolute Gasteiger partial charge is 0.355 e. The zero-order valence-corrected chi connectivity index (χ0v) is 16.9. The molecule has 1 saturated heterocycles. The number of fused-ring (bicyclic) bond motifs is 1. The summed E-state index contributed by atoms with van der Waals surface area (Å²) >= 11 is 0. The van der Waals surface area contributed by atoms with Crippen LogP contribution in [0.4, 0.5) is 0 Å². The number of hydrogen-bond acceptors (Lipinski definition) is 4. The topological polar surface area (TPSA) is 52.9 Å². The number of likely N-dealkylation sites (N-methyl/N-ethyl adjacent to an activating group) is 1. The van der Waals surface area contributed by atoms with E-state index in [1.54, 1.807) is 0 Å². The van der Waals surface area contributed by atoms with E-state index in [1.165, 1.54) is 5.69 Å². The van der Waals surface area contributed by atoms with Crippen molar-refractivity contribution in [2.24, 2.45) is 5.92 Å². The monoisotopic (exact) mass is 371 g/mol. The van der Waals surface area contributed by atoms with Crippen molar-refractivity contribution in [1.29, 1.82) is 0 Å². The maximum Gasteiger partial charge on any atom is 0.223 e. The lowest BCUT2D eigenvalue weighted by Gasteiger charge is -2.31. The number of likely N-dealkylation sites (tertiary alicyclic amines) is 1. The number of amides is 1. The molecule has 0 bridgehead atoms. The predicted molar refractivity (Wildman–Crippen MR) is 109 cm³/mol. The summed E-state index contributed by atoms with van der Waals surface area (Å²) in [6, 6.07) is 6.12. The number of piperidine rings is 1. The number of nitrogens with zero attached hydrogens (tertiary/aromatic N) is 4. The van der Waals surface area contributed by atoms with E-state index in [2.05, 4.69) is 51.5 Å². The van der Waals surface area contributed by atoms with Gasteiger partial charge in [0, 0.05) is 31.7 Å². The van der Waals surface area contributed by atoms with E-state index in [0.717, 1.165) is 70.0 Å². The fraction of sp³-hybridized carbons (Fsp3) is 0.619. The molecule has 3 rings (SSSR count). The van der Waals surface area contributed by atoms with Crippen molar-refractivity contribution < 1.29 is 4.79 Å². The zero-order chi connectivity index (χ0) is 19.2. The third-order valence-corrected chi connectivity index (χ3v) is 5.78. The fourth-order valence-corrected chi connectivity index (χ4v) is 3.94. The second-order valence-corrected chi connectivity index (χ2v) is 7.44. The average molecular weight is 372 g/mol. The molecule has 6 nitrogen and oxygen atoms in total. The van der Waals surface area contributed by atoms with E-state index in [4.69, 9.17) is 0 Å². The van der Waals surface area contributed by atoms with E-state index >= 15 is 0 Å². The van der Waals surface area contributed by atoms with Crippen LogP contribution < -0.4 is 5.32 Å². The van der Waals surface area contributed by atoms with E-state index in [0.29, 0.717) is 0 Å². The van der Waals surface area contributed by atoms with Gasteiger partial charge in [-0.1, -0.05) is 19.9 Å². The zero-order valence-electron chi connectivity index (χ0n) is 16.9. The highest BCUT2D eigenvalue weighted by Gasteiger charge is 2.25. The molecule has 2 aromatic heterocycles. The molecular weight excluding hydrogens is 338 g/mol. The molecule has 1 amide bonds. The number of carbonyl (C=O) groups is 1. The number of hydrogen-bond donors (Lipinski definition) is 1. The SMILES string of the molecule is CCN(CC)CCNC(=O)C1CCN(Cc2c(C)nc3ccccn23)CC1. The van der Waals surface area contributed by atoms with Crippen LogP contribution in [0.1, 0.15) is 38.1 Å². The first-order chi connectivity index (χ1) is 13.1. The molecule has 1 N–H and O–H groups in total. The predicted octanol–water partition coefficient (Wildman–Crippen LogP) is 2.31. The van der Waals surface area contributed by atoms with Crippen LogP contribution >= 0.6 is 0 Å². The third kappa shape index (κ3) is 4.87. The molecule has 1 aliphatic rings. The molecular formula is C21H33N5O. The van der Waals surface area contributed by atoms with Gasteiger partial charge in [0.15, 0.2) is 0 Å². The van der Waals surface area contributed by atoms with Gasteiger partial charge in [-0.05, 0) is 58.1 Å². The van der Waals surface area contributed by atoms with E-state index in [-0.39, 0.29) is 11.8 Å². The Hall–Kier alpha value is -1.92. The Morgan fingerprint density at radius 2 is 2.00 bits per heavy atom. The summed E-state index contributed by atoms with van der Waals surface area (Å²) in [6.45, 7) is 13.0. The highest BCUT2D eigenvalue weighted by atomic mass is 16.1. The number of rotatable bonds is 8. The summed E-state index contributed by atoms with van der Waals surface area (Å²) < 4.78 is 2.18. The molecule has 0 spiro atoms. The minimum Gasteiger partial charge on any atom is -0.355 e. The van der Waals surface area contributed by atoms with Crippen LogP contribution in [-0.2, 0) is 11.3 Å². The van der Waals surface area contributed by atoms with Crippen molar-refractivity contribution in [3.8, 4) is 0 Å². The number of carbonyl (C=O) groups excluding carboxylic acids is 1. The van der Waals surface area contributed by atoms with Gasteiger partial charge in [-0.3, -0.25) is 9.69 Å². The van der Waals surface area contributed by atoms with Gasteiger partial charge in [-0.25, -0.2) is 4.98 Å². The normalized spacial score (nSPS) is 16.3. The Bertz CT molecular complexity index is 744. The van der Waals surface area contributed by atoms with Crippen LogP contribution in [0, 0.1) is 12.8 Å². The summed E-state index contributed by atoms with van der Waals surface area (Å²) in [6.07, 6.45) is 3.96. The summed E-state index contributed by atoms with van der Waals surface area (Å²) in [5, 5.41) is 3.13. The van der Waals surface area contributed by atoms with Crippen molar-refractivity contribution in [3.63, 3.8) is 0 Å². The van der Waals surface area contributed by atoms with Gasteiger partial charge >= 0.3 is 0 Å². The first kappa shape index (κ1) is 19.8. The van der Waals surface area contributed by atoms with Gasteiger partial charge in [0.1, 0.15) is 5.65 Å². The first-order valence-corrected chi connectivity index (χ1v) is 10.3. The number of imidazole rings is 1. The molecule has 0 atom stereocenters. The third-order valence-electron chi connectivity index (χ3n) is 5.78. The Morgan fingerprint density at radius 3 is 2.70 bits per heavy atom. The quantitative estimate of drug-likeness (QED) is 0.774. The number of aryl methyl sites for hydroxylation is 1. The fourth-order valence-electron chi connectivity index (χ4n) is 3.94. The van der Waals surface area contributed by atoms with Gasteiger partial charge in [0.25, 0.3) is 0 Å². The smallest absolute Gasteiger partial charge is 0.223 e. The van der Waals surface area contributed by atoms with Gasteiger partial charge in [0.05, 0.1) is 11.4 Å². The van der Waals surface area contributed by atoms with Gasteiger partial charge in [0.2, 0.25) is 5.91 Å². The summed E-state index contributed by atoms with van der Waals surface area (Å²) in [4.78, 5) is 21.9. The van der Waals surface area contributed by atoms with Crippen molar-refractivity contribution in [3.05, 3.63) is 35.8 Å². The van der Waals surface area contributed by atoms with E-state index < -0.39 is 0 Å². The molecule has 0 radical (unpaired) electrons. The Labute approximate surface area is 162 Å². The Balaban J connectivity index is 1.47. The van der Waals surface area contributed by atoms with E-state index in [9.17, 15) is 4.79 Å². The molecule has 0 unspecified atom stereocenters. The van der Waals surface area contributed by atoms with Crippen LogP contribution in [-0.4, -0.2) is 64.4 Å². The van der Waals surface area contributed by atoms with Crippen LogP contribution in [0.25, 0.3) is 5.65 Å². The maximum absolute atomic E-state index is 12.4. The van der Waals surface area contributed by atoms with E-state index in [1.807, 2.05) is 18.2 Å².